The fraction of sp³-hybridized carbons (Fsp3) is 0.200. The van der Waals surface area contributed by atoms with Crippen LogP contribution in [0.3, 0.4) is 0 Å². The molecule has 3 rings (SSSR count). The molecule has 2 N–H and O–H groups in total. The van der Waals surface area contributed by atoms with Crippen LogP contribution in [0.25, 0.3) is 0 Å². The smallest absolute Gasteiger partial charge is 0.423 e. The Hall–Kier alpha value is -1.78. The van der Waals surface area contributed by atoms with E-state index in [1.807, 2.05) is 37.3 Å². The summed E-state index contributed by atoms with van der Waals surface area (Å²) in [6.07, 6.45) is -0.0523. The van der Waals surface area contributed by atoms with Gasteiger partial charge in [0.05, 0.1) is 6.10 Å². The van der Waals surface area contributed by atoms with E-state index in [-0.39, 0.29) is 6.10 Å². The van der Waals surface area contributed by atoms with E-state index in [9.17, 15) is 5.02 Å². The number of anilines is 1. The van der Waals surface area contributed by atoms with Gasteiger partial charge in [-0.2, -0.15) is 0 Å². The molecule has 2 aromatic rings. The number of hydrogen-bond donors (Lipinski definition) is 2. The lowest BCUT2D eigenvalue weighted by Gasteiger charge is -2.10. The summed E-state index contributed by atoms with van der Waals surface area (Å²) in [5.41, 5.74) is 4.22. The van der Waals surface area contributed by atoms with E-state index < -0.39 is 7.12 Å². The lowest BCUT2D eigenvalue weighted by molar-refractivity contribution is 0.209. The van der Waals surface area contributed by atoms with Crippen molar-refractivity contribution in [2.24, 2.45) is 0 Å². The molecule has 0 aromatic heterocycles. The van der Waals surface area contributed by atoms with Crippen LogP contribution >= 0.6 is 0 Å². The first-order valence-corrected chi connectivity index (χ1v) is 6.49. The van der Waals surface area contributed by atoms with E-state index in [2.05, 4.69) is 23.5 Å². The molecule has 0 saturated carbocycles. The van der Waals surface area contributed by atoms with E-state index >= 15 is 0 Å². The SMILES string of the molecule is CC1OB(O)c2ccc(NCc3ccccc3)cc21. The standard InChI is InChI=1S/C15H16BNO2/c1-11-14-9-13(7-8-15(14)16(18)19-11)17-10-12-5-3-2-4-6-12/h2-9,11,17-18H,10H2,1H3. The van der Waals surface area contributed by atoms with Crippen LogP contribution in [0.5, 0.6) is 0 Å². The van der Waals surface area contributed by atoms with Gasteiger partial charge in [0.15, 0.2) is 0 Å². The highest BCUT2D eigenvalue weighted by atomic mass is 16.5. The molecule has 1 unspecified atom stereocenters. The minimum atomic E-state index is -0.784. The van der Waals surface area contributed by atoms with Crippen LogP contribution in [0.15, 0.2) is 48.5 Å². The predicted molar refractivity (Wildman–Crippen MR) is 77.3 cm³/mol. The first kappa shape index (κ1) is 12.3. The van der Waals surface area contributed by atoms with Crippen molar-refractivity contribution in [3.05, 3.63) is 59.7 Å². The summed E-state index contributed by atoms with van der Waals surface area (Å²) in [5.74, 6) is 0. The van der Waals surface area contributed by atoms with Crippen molar-refractivity contribution < 1.29 is 9.68 Å². The largest absolute Gasteiger partial charge is 0.491 e. The van der Waals surface area contributed by atoms with Gasteiger partial charge in [0, 0.05) is 12.2 Å². The second-order valence-corrected chi connectivity index (χ2v) is 4.81. The zero-order chi connectivity index (χ0) is 13.2. The lowest BCUT2D eigenvalue weighted by Crippen LogP contribution is -2.27. The summed E-state index contributed by atoms with van der Waals surface area (Å²) in [7, 11) is -0.784. The third kappa shape index (κ3) is 2.50. The number of fused-ring (bicyclic) bond motifs is 1. The molecule has 1 aliphatic rings. The molecule has 2 aromatic carbocycles. The minimum absolute atomic E-state index is 0.0523. The van der Waals surface area contributed by atoms with Gasteiger partial charge in [-0.05, 0) is 35.6 Å². The third-order valence-corrected chi connectivity index (χ3v) is 3.46. The fourth-order valence-electron chi connectivity index (χ4n) is 2.40. The van der Waals surface area contributed by atoms with E-state index in [4.69, 9.17) is 4.65 Å². The van der Waals surface area contributed by atoms with E-state index in [1.54, 1.807) is 0 Å². The Morgan fingerprint density at radius 2 is 2.00 bits per heavy atom. The molecular weight excluding hydrogens is 237 g/mol. The molecule has 0 aliphatic carbocycles. The van der Waals surface area contributed by atoms with Crippen LogP contribution in [0.2, 0.25) is 0 Å². The second kappa shape index (κ2) is 5.07. The highest BCUT2D eigenvalue weighted by molar-refractivity contribution is 6.61. The van der Waals surface area contributed by atoms with Crippen molar-refractivity contribution >= 4 is 18.3 Å². The van der Waals surface area contributed by atoms with Crippen LogP contribution in [0.4, 0.5) is 5.69 Å². The Morgan fingerprint density at radius 3 is 2.79 bits per heavy atom. The molecule has 19 heavy (non-hydrogen) atoms. The fourth-order valence-corrected chi connectivity index (χ4v) is 2.40. The lowest BCUT2D eigenvalue weighted by atomic mass is 9.79. The van der Waals surface area contributed by atoms with Crippen LogP contribution in [-0.4, -0.2) is 12.1 Å². The van der Waals surface area contributed by atoms with Gasteiger partial charge < -0.3 is 15.0 Å². The Balaban J connectivity index is 1.75. The van der Waals surface area contributed by atoms with Gasteiger partial charge in [-0.15, -0.1) is 0 Å². The normalized spacial score (nSPS) is 17.4. The first-order chi connectivity index (χ1) is 9.24. The highest BCUT2D eigenvalue weighted by Crippen LogP contribution is 2.25. The molecule has 0 spiro atoms. The molecule has 0 bridgehead atoms. The predicted octanol–water partition coefficient (Wildman–Crippen LogP) is 2.08. The highest BCUT2D eigenvalue weighted by Gasteiger charge is 2.32. The minimum Gasteiger partial charge on any atom is -0.423 e. The Labute approximate surface area is 113 Å². The van der Waals surface area contributed by atoms with Crippen molar-refractivity contribution in [1.29, 1.82) is 0 Å². The maximum absolute atomic E-state index is 9.71. The van der Waals surface area contributed by atoms with Crippen molar-refractivity contribution in [2.45, 2.75) is 19.6 Å². The number of rotatable bonds is 3. The molecule has 1 heterocycles. The first-order valence-electron chi connectivity index (χ1n) is 6.49. The van der Waals surface area contributed by atoms with Gasteiger partial charge >= 0.3 is 7.12 Å². The molecule has 0 fully saturated rings. The van der Waals surface area contributed by atoms with Crippen molar-refractivity contribution in [2.75, 3.05) is 5.32 Å². The monoisotopic (exact) mass is 253 g/mol. The van der Waals surface area contributed by atoms with Crippen molar-refractivity contribution in [3.8, 4) is 0 Å². The molecule has 0 radical (unpaired) electrons. The summed E-state index contributed by atoms with van der Waals surface area (Å²) in [4.78, 5) is 0. The van der Waals surface area contributed by atoms with Crippen LogP contribution in [0, 0.1) is 0 Å². The zero-order valence-electron chi connectivity index (χ0n) is 10.8. The Bertz CT molecular complexity index is 574. The quantitative estimate of drug-likeness (QED) is 0.823. The number of hydrogen-bond acceptors (Lipinski definition) is 3. The molecule has 4 heteroatoms. The maximum atomic E-state index is 9.71. The summed E-state index contributed by atoms with van der Waals surface area (Å²) in [6.45, 7) is 2.74. The van der Waals surface area contributed by atoms with Crippen molar-refractivity contribution in [1.82, 2.24) is 0 Å². The van der Waals surface area contributed by atoms with Gasteiger partial charge in [-0.3, -0.25) is 0 Å². The van der Waals surface area contributed by atoms with Crippen LogP contribution in [-0.2, 0) is 11.2 Å². The van der Waals surface area contributed by atoms with E-state index in [1.165, 1.54) is 5.56 Å². The molecule has 96 valence electrons. The summed E-state index contributed by atoms with van der Waals surface area (Å²) in [6, 6.07) is 16.2. The van der Waals surface area contributed by atoms with Crippen LogP contribution < -0.4 is 10.8 Å². The topological polar surface area (TPSA) is 41.5 Å². The summed E-state index contributed by atoms with van der Waals surface area (Å²) in [5, 5.41) is 13.1. The number of benzene rings is 2. The van der Waals surface area contributed by atoms with Gasteiger partial charge in [0.2, 0.25) is 0 Å². The summed E-state index contributed by atoms with van der Waals surface area (Å²) >= 11 is 0. The number of nitrogens with one attached hydrogen (secondary N) is 1. The van der Waals surface area contributed by atoms with E-state index in [0.717, 1.165) is 23.3 Å². The second-order valence-electron chi connectivity index (χ2n) is 4.81. The molecule has 1 aliphatic heterocycles. The molecular formula is C15H16BNO2. The third-order valence-electron chi connectivity index (χ3n) is 3.46. The Morgan fingerprint density at radius 1 is 1.21 bits per heavy atom. The van der Waals surface area contributed by atoms with Gasteiger partial charge in [0.1, 0.15) is 0 Å². The Kier molecular flexibility index (Phi) is 3.28. The van der Waals surface area contributed by atoms with Crippen LogP contribution in [0.1, 0.15) is 24.2 Å². The zero-order valence-corrected chi connectivity index (χ0v) is 10.8. The average Bonchev–Trinajstić information content (AvgIpc) is 2.73. The molecule has 0 saturated heterocycles. The molecule has 0 amide bonds. The van der Waals surface area contributed by atoms with Gasteiger partial charge in [0.25, 0.3) is 0 Å². The van der Waals surface area contributed by atoms with Crippen molar-refractivity contribution in [3.63, 3.8) is 0 Å². The van der Waals surface area contributed by atoms with Gasteiger partial charge in [-0.25, -0.2) is 0 Å². The average molecular weight is 253 g/mol. The molecule has 3 nitrogen and oxygen atoms in total. The summed E-state index contributed by atoms with van der Waals surface area (Å²) < 4.78 is 5.38. The molecule has 1 atom stereocenters. The van der Waals surface area contributed by atoms with Gasteiger partial charge in [-0.1, -0.05) is 36.4 Å². The maximum Gasteiger partial charge on any atom is 0.491 e. The van der Waals surface area contributed by atoms with E-state index in [0.29, 0.717) is 0 Å².